The summed E-state index contributed by atoms with van der Waals surface area (Å²) in [5.41, 5.74) is 0.0558. The number of carbonyl (C=O) groups is 2. The van der Waals surface area contributed by atoms with Gasteiger partial charge in [0.2, 0.25) is 11.8 Å². The molecule has 0 saturated carbocycles. The van der Waals surface area contributed by atoms with Gasteiger partial charge in [-0.25, -0.2) is 8.78 Å². The molecule has 1 saturated heterocycles. The number of hydrogen-bond donors (Lipinski definition) is 1. The Morgan fingerprint density at radius 3 is 2.15 bits per heavy atom. The zero-order valence-electron chi connectivity index (χ0n) is 14.8. The first-order valence-electron chi connectivity index (χ1n) is 8.60. The molecule has 0 aliphatic carbocycles. The highest BCUT2D eigenvalue weighted by Crippen LogP contribution is 2.37. The van der Waals surface area contributed by atoms with Gasteiger partial charge in [-0.1, -0.05) is 30.3 Å². The summed E-state index contributed by atoms with van der Waals surface area (Å²) in [6.45, 7) is 2.41. The van der Waals surface area contributed by atoms with Crippen molar-refractivity contribution >= 4 is 40.1 Å². The van der Waals surface area contributed by atoms with Crippen LogP contribution in [-0.4, -0.2) is 29.8 Å². The summed E-state index contributed by atoms with van der Waals surface area (Å²) in [6, 6.07) is 11.6. The fraction of sp³-hybridized carbons (Fsp3) is 0.300. The molecule has 1 aliphatic heterocycles. The summed E-state index contributed by atoms with van der Waals surface area (Å²) in [4.78, 5) is 26.6. The predicted octanol–water partition coefficient (Wildman–Crippen LogP) is 4.09. The van der Waals surface area contributed by atoms with E-state index >= 15 is 0 Å². The molecule has 0 atom stereocenters. The molecule has 142 valence electrons. The fourth-order valence-corrected chi connectivity index (χ4v) is 3.80. The zero-order chi connectivity index (χ0) is 19.6. The molecule has 2 aromatic rings. The van der Waals surface area contributed by atoms with E-state index < -0.39 is 17.0 Å². The van der Waals surface area contributed by atoms with E-state index in [4.69, 9.17) is 0 Å². The number of piperidine rings is 1. The minimum Gasteiger partial charge on any atom is -0.343 e. The van der Waals surface area contributed by atoms with E-state index in [2.05, 4.69) is 5.32 Å². The molecule has 1 heterocycles. The molecule has 0 spiro atoms. The van der Waals surface area contributed by atoms with Gasteiger partial charge in [0.1, 0.15) is 11.6 Å². The Morgan fingerprint density at radius 2 is 1.63 bits per heavy atom. The zero-order valence-corrected chi connectivity index (χ0v) is 16.9. The van der Waals surface area contributed by atoms with Crippen LogP contribution in [0.5, 0.6) is 0 Å². The van der Waals surface area contributed by atoms with Gasteiger partial charge in [0, 0.05) is 25.7 Å². The molecule has 1 aliphatic rings. The smallest absolute Gasteiger partial charge is 0.235 e. The van der Waals surface area contributed by atoms with Crippen LogP contribution >= 0.6 is 22.6 Å². The lowest BCUT2D eigenvalue weighted by Gasteiger charge is -2.40. The number of nitrogens with zero attached hydrogens (tertiary/aromatic N) is 1. The highest BCUT2D eigenvalue weighted by molar-refractivity contribution is 14.1. The van der Waals surface area contributed by atoms with Crippen molar-refractivity contribution in [3.63, 3.8) is 0 Å². The van der Waals surface area contributed by atoms with Gasteiger partial charge in [-0.15, -0.1) is 0 Å². The van der Waals surface area contributed by atoms with E-state index in [-0.39, 0.29) is 21.1 Å². The van der Waals surface area contributed by atoms with Gasteiger partial charge in [0.15, 0.2) is 0 Å². The monoisotopic (exact) mass is 484 g/mol. The molecule has 0 bridgehead atoms. The number of anilines is 1. The Balaban J connectivity index is 1.92. The first-order valence-corrected chi connectivity index (χ1v) is 9.68. The van der Waals surface area contributed by atoms with Gasteiger partial charge in [-0.05, 0) is 53.1 Å². The lowest BCUT2D eigenvalue weighted by molar-refractivity contribution is -0.133. The highest BCUT2D eigenvalue weighted by atomic mass is 127. The van der Waals surface area contributed by atoms with Gasteiger partial charge < -0.3 is 10.2 Å². The van der Waals surface area contributed by atoms with E-state index in [1.165, 1.54) is 6.92 Å². The molecule has 1 fully saturated rings. The van der Waals surface area contributed by atoms with Crippen molar-refractivity contribution in [1.29, 1.82) is 0 Å². The third kappa shape index (κ3) is 3.97. The number of amides is 2. The van der Waals surface area contributed by atoms with E-state index in [0.717, 1.165) is 17.7 Å². The largest absolute Gasteiger partial charge is 0.343 e. The second-order valence-corrected chi connectivity index (χ2v) is 7.74. The van der Waals surface area contributed by atoms with Gasteiger partial charge in [-0.3, -0.25) is 9.59 Å². The number of likely N-dealkylation sites (tertiary alicyclic amines) is 1. The predicted molar refractivity (Wildman–Crippen MR) is 107 cm³/mol. The van der Waals surface area contributed by atoms with E-state index in [1.54, 1.807) is 27.5 Å². The highest BCUT2D eigenvalue weighted by Gasteiger charge is 2.43. The molecule has 4 nitrogen and oxygen atoms in total. The maximum atomic E-state index is 13.8. The third-order valence-electron chi connectivity index (χ3n) is 5.07. The van der Waals surface area contributed by atoms with Crippen LogP contribution in [0.4, 0.5) is 14.5 Å². The summed E-state index contributed by atoms with van der Waals surface area (Å²) >= 11 is 1.58. The number of benzene rings is 2. The van der Waals surface area contributed by atoms with Crippen LogP contribution in [0.25, 0.3) is 0 Å². The minimum absolute atomic E-state index is 0.0288. The van der Waals surface area contributed by atoms with Gasteiger partial charge in [-0.2, -0.15) is 0 Å². The van der Waals surface area contributed by atoms with Gasteiger partial charge in [0.05, 0.1) is 8.99 Å². The van der Waals surface area contributed by atoms with Crippen LogP contribution in [0.15, 0.2) is 42.5 Å². The number of hydrogen-bond acceptors (Lipinski definition) is 2. The lowest BCUT2D eigenvalue weighted by atomic mass is 9.72. The Bertz CT molecular complexity index is 843. The summed E-state index contributed by atoms with van der Waals surface area (Å²) in [7, 11) is 0. The number of nitrogens with one attached hydrogen (secondary N) is 1. The molecule has 0 radical (unpaired) electrons. The van der Waals surface area contributed by atoms with Crippen LogP contribution in [0.1, 0.15) is 25.3 Å². The normalized spacial score (nSPS) is 16.1. The summed E-state index contributed by atoms with van der Waals surface area (Å²) in [6.07, 6.45) is 0.884. The molecular formula is C20H19F2IN2O2. The summed E-state index contributed by atoms with van der Waals surface area (Å²) in [5, 5.41) is 2.68. The first-order chi connectivity index (χ1) is 12.8. The average Bonchev–Trinajstić information content (AvgIpc) is 2.66. The van der Waals surface area contributed by atoms with E-state index in [0.29, 0.717) is 25.9 Å². The Labute approximate surface area is 170 Å². The first kappa shape index (κ1) is 19.7. The number of carbonyl (C=O) groups excluding carboxylic acids is 2. The molecule has 2 amide bonds. The third-order valence-corrected chi connectivity index (χ3v) is 6.10. The van der Waals surface area contributed by atoms with Crippen molar-refractivity contribution in [1.82, 2.24) is 4.90 Å². The van der Waals surface area contributed by atoms with Crippen LogP contribution in [-0.2, 0) is 15.0 Å². The van der Waals surface area contributed by atoms with Crippen LogP contribution < -0.4 is 5.32 Å². The van der Waals surface area contributed by atoms with Crippen molar-refractivity contribution < 1.29 is 18.4 Å². The van der Waals surface area contributed by atoms with Crippen molar-refractivity contribution in [3.05, 3.63) is 63.2 Å². The van der Waals surface area contributed by atoms with Crippen molar-refractivity contribution in [3.8, 4) is 0 Å². The van der Waals surface area contributed by atoms with Gasteiger partial charge in [0.25, 0.3) is 0 Å². The fourth-order valence-electron chi connectivity index (χ4n) is 3.49. The van der Waals surface area contributed by atoms with E-state index in [1.807, 2.05) is 30.3 Å². The van der Waals surface area contributed by atoms with Crippen LogP contribution in [0, 0.1) is 15.2 Å². The topological polar surface area (TPSA) is 49.4 Å². The maximum absolute atomic E-state index is 13.8. The number of rotatable bonds is 3. The standard InChI is InChI=1S/C20H19F2IN2O2/c1-13(26)25-9-7-20(8-10-25,14-5-3-2-4-6-14)19(27)24-15-11-16(21)18(23)17(22)12-15/h2-6,11-12H,7-10H2,1H3,(H,24,27). The summed E-state index contributed by atoms with van der Waals surface area (Å²) in [5.74, 6) is -1.78. The van der Waals surface area contributed by atoms with Gasteiger partial charge >= 0.3 is 0 Å². The molecule has 3 rings (SSSR count). The molecule has 2 aromatic carbocycles. The summed E-state index contributed by atoms with van der Waals surface area (Å²) < 4.78 is 27.6. The van der Waals surface area contributed by atoms with Crippen LogP contribution in [0.2, 0.25) is 0 Å². The van der Waals surface area contributed by atoms with Crippen molar-refractivity contribution in [2.45, 2.75) is 25.2 Å². The average molecular weight is 484 g/mol. The second-order valence-electron chi connectivity index (χ2n) is 6.66. The molecule has 0 aromatic heterocycles. The van der Waals surface area contributed by atoms with Crippen molar-refractivity contribution in [2.24, 2.45) is 0 Å². The van der Waals surface area contributed by atoms with Crippen LogP contribution in [0.3, 0.4) is 0 Å². The molecule has 0 unspecified atom stereocenters. The quantitative estimate of drug-likeness (QED) is 0.528. The second kappa shape index (κ2) is 7.92. The number of halogens is 3. The Morgan fingerprint density at radius 1 is 1.07 bits per heavy atom. The molecule has 27 heavy (non-hydrogen) atoms. The lowest BCUT2D eigenvalue weighted by Crippen LogP contribution is -2.50. The molecule has 7 heteroatoms. The molecule has 1 N–H and O–H groups in total. The van der Waals surface area contributed by atoms with Crippen molar-refractivity contribution in [2.75, 3.05) is 18.4 Å². The van der Waals surface area contributed by atoms with E-state index in [9.17, 15) is 18.4 Å². The molecular weight excluding hydrogens is 465 g/mol. The Hall–Kier alpha value is -2.03. The minimum atomic E-state index is -0.858. The maximum Gasteiger partial charge on any atom is 0.235 e. The Kier molecular flexibility index (Phi) is 5.78. The SMILES string of the molecule is CC(=O)N1CCC(C(=O)Nc2cc(F)c(I)c(F)c2)(c2ccccc2)CC1.